The molecule has 2 nitrogen and oxygen atoms in total. The van der Waals surface area contributed by atoms with Crippen molar-refractivity contribution in [2.24, 2.45) is 5.92 Å². The van der Waals surface area contributed by atoms with Crippen LogP contribution in [0, 0.1) is 5.92 Å². The molecule has 1 amide bonds. The molecule has 14 heavy (non-hydrogen) atoms. The van der Waals surface area contributed by atoms with Crippen LogP contribution in [0.3, 0.4) is 0 Å². The fraction of sp³-hybridized carbons (Fsp3) is 0.417. The van der Waals surface area contributed by atoms with E-state index in [-0.39, 0.29) is 18.8 Å². The first-order valence-electron chi connectivity index (χ1n) is 5.12. The summed E-state index contributed by atoms with van der Waals surface area (Å²) in [5.74, 6) is 0.430. The van der Waals surface area contributed by atoms with Crippen molar-refractivity contribution in [3.63, 3.8) is 0 Å². The van der Waals surface area contributed by atoms with E-state index in [0.29, 0.717) is 0 Å². The Hall–Kier alpha value is -1.31. The molecule has 2 atom stereocenters. The van der Waals surface area contributed by atoms with Crippen LogP contribution in [0.15, 0.2) is 24.3 Å². The number of fused-ring (bicyclic) bond motifs is 3. The van der Waals surface area contributed by atoms with Gasteiger partial charge in [-0.15, -0.1) is 0 Å². The first-order valence-corrected chi connectivity index (χ1v) is 5.12. The van der Waals surface area contributed by atoms with Gasteiger partial charge in [0.2, 0.25) is 5.91 Å². The highest BCUT2D eigenvalue weighted by atomic mass is 16.2. The van der Waals surface area contributed by atoms with Gasteiger partial charge in [-0.25, -0.2) is 0 Å². The van der Waals surface area contributed by atoms with Crippen LogP contribution in [0.1, 0.15) is 25.9 Å². The van der Waals surface area contributed by atoms with Gasteiger partial charge in [0.25, 0.3) is 0 Å². The Balaban J connectivity index is 0.000000853. The van der Waals surface area contributed by atoms with Crippen LogP contribution < -0.4 is 5.32 Å². The summed E-state index contributed by atoms with van der Waals surface area (Å²) in [6.07, 6.45) is 2.04. The molecule has 0 bridgehead atoms. The van der Waals surface area contributed by atoms with E-state index in [9.17, 15) is 4.79 Å². The maximum atomic E-state index is 11.4. The first-order chi connectivity index (χ1) is 6.72. The predicted octanol–water partition coefficient (Wildman–Crippen LogP) is 1.84. The standard InChI is InChI=1S/C12H13NO.H2/c1-12-9-5-3-2-4-8(9)6-7-10(12)11(14)13-12;/h2-5,10H,6-7H2,1H3,(H,13,14);1H. The van der Waals surface area contributed by atoms with Gasteiger partial charge in [0.15, 0.2) is 0 Å². The minimum Gasteiger partial charge on any atom is -0.346 e. The lowest BCUT2D eigenvalue weighted by Crippen LogP contribution is -2.66. The molecule has 2 heteroatoms. The predicted molar refractivity (Wildman–Crippen MR) is 55.9 cm³/mol. The maximum absolute atomic E-state index is 11.4. The summed E-state index contributed by atoms with van der Waals surface area (Å²) in [6.45, 7) is 2.14. The van der Waals surface area contributed by atoms with Gasteiger partial charge in [0.05, 0.1) is 11.5 Å². The van der Waals surface area contributed by atoms with Gasteiger partial charge in [-0.1, -0.05) is 24.3 Å². The summed E-state index contributed by atoms with van der Waals surface area (Å²) in [7, 11) is 0. The van der Waals surface area contributed by atoms with Crippen LogP contribution in [0.4, 0.5) is 0 Å². The van der Waals surface area contributed by atoms with Gasteiger partial charge in [0, 0.05) is 1.43 Å². The molecule has 0 radical (unpaired) electrons. The van der Waals surface area contributed by atoms with Crippen molar-refractivity contribution in [3.8, 4) is 0 Å². The molecule has 0 aromatic heterocycles. The van der Waals surface area contributed by atoms with Crippen LogP contribution in [-0.2, 0) is 16.8 Å². The van der Waals surface area contributed by atoms with Gasteiger partial charge < -0.3 is 5.32 Å². The number of hydrogen-bond donors (Lipinski definition) is 1. The quantitative estimate of drug-likeness (QED) is 0.620. The summed E-state index contributed by atoms with van der Waals surface area (Å²) in [5, 5.41) is 3.04. The Labute approximate surface area is 84.8 Å². The zero-order chi connectivity index (χ0) is 9.76. The van der Waals surface area contributed by atoms with Gasteiger partial charge >= 0.3 is 0 Å². The number of amides is 1. The number of benzene rings is 1. The zero-order valence-corrected chi connectivity index (χ0v) is 8.21. The smallest absolute Gasteiger partial charge is 0.226 e. The van der Waals surface area contributed by atoms with E-state index in [0.717, 1.165) is 12.8 Å². The fourth-order valence-electron chi connectivity index (χ4n) is 2.83. The molecule has 1 saturated heterocycles. The normalized spacial score (nSPS) is 33.8. The lowest BCUT2D eigenvalue weighted by molar-refractivity contribution is -0.142. The van der Waals surface area contributed by atoms with Crippen LogP contribution in [0.5, 0.6) is 0 Å². The molecular weight excluding hydrogens is 174 g/mol. The number of nitrogens with one attached hydrogen (secondary N) is 1. The van der Waals surface area contributed by atoms with Gasteiger partial charge in [-0.3, -0.25) is 4.79 Å². The minimum atomic E-state index is -0.0775. The minimum absolute atomic E-state index is 0. The largest absolute Gasteiger partial charge is 0.346 e. The topological polar surface area (TPSA) is 29.1 Å². The number of carbonyl (C=O) groups is 1. The zero-order valence-electron chi connectivity index (χ0n) is 8.21. The van der Waals surface area contributed by atoms with Crippen molar-refractivity contribution in [1.82, 2.24) is 5.32 Å². The Morgan fingerprint density at radius 1 is 1.50 bits per heavy atom. The van der Waals surface area contributed by atoms with E-state index in [4.69, 9.17) is 0 Å². The molecule has 1 aliphatic carbocycles. The Bertz CT molecular complexity index is 418. The van der Waals surface area contributed by atoms with E-state index < -0.39 is 0 Å². The van der Waals surface area contributed by atoms with Crippen molar-refractivity contribution < 1.29 is 6.22 Å². The van der Waals surface area contributed by atoms with E-state index in [1.807, 2.05) is 0 Å². The van der Waals surface area contributed by atoms with E-state index in [1.165, 1.54) is 11.1 Å². The molecular formula is C12H15NO. The van der Waals surface area contributed by atoms with Crippen molar-refractivity contribution in [2.75, 3.05) is 0 Å². The molecule has 1 aliphatic heterocycles. The third-order valence-corrected chi connectivity index (χ3v) is 3.68. The average Bonchev–Trinajstić information content (AvgIpc) is 2.17. The summed E-state index contributed by atoms with van der Waals surface area (Å²) in [5.41, 5.74) is 2.63. The summed E-state index contributed by atoms with van der Waals surface area (Å²) in [6, 6.07) is 8.43. The molecule has 1 heterocycles. The first kappa shape index (κ1) is 8.04. The summed E-state index contributed by atoms with van der Waals surface area (Å²) < 4.78 is 0. The number of β-lactam (4-membered cyclic amide) rings is 1. The molecule has 3 rings (SSSR count). The van der Waals surface area contributed by atoms with E-state index in [2.05, 4.69) is 36.5 Å². The van der Waals surface area contributed by atoms with Crippen molar-refractivity contribution in [3.05, 3.63) is 35.4 Å². The van der Waals surface area contributed by atoms with Gasteiger partial charge in [-0.05, 0) is 30.9 Å². The highest BCUT2D eigenvalue weighted by molar-refractivity contribution is 5.88. The fourth-order valence-corrected chi connectivity index (χ4v) is 2.83. The van der Waals surface area contributed by atoms with Crippen LogP contribution in [-0.4, -0.2) is 5.91 Å². The maximum Gasteiger partial charge on any atom is 0.226 e. The number of aryl methyl sites for hydroxylation is 1. The van der Waals surface area contributed by atoms with Gasteiger partial charge in [0.1, 0.15) is 0 Å². The van der Waals surface area contributed by atoms with E-state index >= 15 is 0 Å². The number of rotatable bonds is 0. The highest BCUT2D eigenvalue weighted by Crippen LogP contribution is 2.45. The summed E-state index contributed by atoms with van der Waals surface area (Å²) >= 11 is 0. The summed E-state index contributed by atoms with van der Waals surface area (Å²) in [4.78, 5) is 11.4. The molecule has 1 N–H and O–H groups in total. The molecule has 0 saturated carbocycles. The Morgan fingerprint density at radius 2 is 2.29 bits per heavy atom. The van der Waals surface area contributed by atoms with Crippen molar-refractivity contribution in [2.45, 2.75) is 25.3 Å². The monoisotopic (exact) mass is 189 g/mol. The SMILES string of the molecule is CC12NC(=O)C1CCc1ccccc12.[HH]. The molecule has 2 aliphatic rings. The molecule has 1 aromatic rings. The van der Waals surface area contributed by atoms with E-state index in [1.54, 1.807) is 0 Å². The Kier molecular flexibility index (Phi) is 1.37. The van der Waals surface area contributed by atoms with Crippen molar-refractivity contribution in [1.29, 1.82) is 0 Å². The molecule has 1 aromatic carbocycles. The third-order valence-electron chi connectivity index (χ3n) is 3.68. The molecule has 1 fully saturated rings. The van der Waals surface area contributed by atoms with Crippen molar-refractivity contribution >= 4 is 5.91 Å². The number of hydrogen-bond acceptors (Lipinski definition) is 1. The number of carbonyl (C=O) groups excluding carboxylic acids is 1. The third kappa shape index (κ3) is 0.788. The van der Waals surface area contributed by atoms with Gasteiger partial charge in [-0.2, -0.15) is 0 Å². The molecule has 0 spiro atoms. The molecule has 74 valence electrons. The average molecular weight is 189 g/mol. The van der Waals surface area contributed by atoms with Crippen LogP contribution >= 0.6 is 0 Å². The highest BCUT2D eigenvalue weighted by Gasteiger charge is 2.53. The molecule has 2 unspecified atom stereocenters. The second-order valence-electron chi connectivity index (χ2n) is 4.44. The lowest BCUT2D eigenvalue weighted by atomic mass is 9.65. The second-order valence-corrected chi connectivity index (χ2v) is 4.44. The van der Waals surface area contributed by atoms with Crippen LogP contribution in [0.2, 0.25) is 0 Å². The Morgan fingerprint density at radius 3 is 3.07 bits per heavy atom. The van der Waals surface area contributed by atoms with Crippen LogP contribution in [0.25, 0.3) is 0 Å². The second kappa shape index (κ2) is 2.38. The lowest BCUT2D eigenvalue weighted by Gasteiger charge is -2.51.